The van der Waals surface area contributed by atoms with Crippen molar-refractivity contribution in [3.63, 3.8) is 0 Å². The van der Waals surface area contributed by atoms with Crippen LogP contribution in [0.3, 0.4) is 0 Å². The average Bonchev–Trinajstić information content (AvgIpc) is 3.60. The highest BCUT2D eigenvalue weighted by Gasteiger charge is 2.39. The summed E-state index contributed by atoms with van der Waals surface area (Å²) in [5.41, 5.74) is 10.1. The summed E-state index contributed by atoms with van der Waals surface area (Å²) in [6, 6.07) is 17.9. The van der Waals surface area contributed by atoms with Crippen LogP contribution in [-0.4, -0.2) is 57.0 Å². The number of anilines is 1. The van der Waals surface area contributed by atoms with Gasteiger partial charge < -0.3 is 16.4 Å². The number of hydrogen-bond donors (Lipinski definition) is 4. The Morgan fingerprint density at radius 2 is 1.67 bits per heavy atom. The van der Waals surface area contributed by atoms with E-state index in [4.69, 9.17) is 5.73 Å². The van der Waals surface area contributed by atoms with Crippen LogP contribution in [0.15, 0.2) is 48.5 Å². The molecular weight excluding hydrogens is 434 g/mol. The summed E-state index contributed by atoms with van der Waals surface area (Å²) in [4.78, 5) is 0. The molecule has 2 aliphatic carbocycles. The van der Waals surface area contributed by atoms with Gasteiger partial charge >= 0.3 is 10.2 Å². The Bertz CT molecular complexity index is 1040. The zero-order chi connectivity index (χ0) is 22.8. The molecule has 0 aromatic heterocycles. The number of benzene rings is 2. The maximum Gasteiger partial charge on any atom is 0.301 e. The van der Waals surface area contributed by atoms with Crippen molar-refractivity contribution in [2.75, 3.05) is 30.9 Å². The zero-order valence-corrected chi connectivity index (χ0v) is 19.9. The summed E-state index contributed by atoms with van der Waals surface area (Å²) in [6.07, 6.45) is 5.85. The molecular formula is C25H35N5O2S. The lowest BCUT2D eigenvalue weighted by Gasteiger charge is -2.27. The van der Waals surface area contributed by atoms with Gasteiger partial charge in [-0.15, -0.1) is 0 Å². The number of rotatable bonds is 7. The summed E-state index contributed by atoms with van der Waals surface area (Å²) in [6.45, 7) is 2.34. The zero-order valence-electron chi connectivity index (χ0n) is 19.0. The van der Waals surface area contributed by atoms with Gasteiger partial charge in [0.25, 0.3) is 0 Å². The monoisotopic (exact) mass is 469 g/mol. The molecule has 3 fully saturated rings. The molecule has 0 unspecified atom stereocenters. The summed E-state index contributed by atoms with van der Waals surface area (Å²) in [5, 5.41) is 7.02. The average molecular weight is 470 g/mol. The quantitative estimate of drug-likeness (QED) is 0.500. The van der Waals surface area contributed by atoms with E-state index in [0.29, 0.717) is 55.9 Å². The number of nitrogens with two attached hydrogens (primary N) is 1. The molecule has 1 aliphatic heterocycles. The van der Waals surface area contributed by atoms with Gasteiger partial charge in [0.1, 0.15) is 0 Å². The van der Waals surface area contributed by atoms with Crippen LogP contribution in [0.1, 0.15) is 43.6 Å². The van der Waals surface area contributed by atoms with Crippen molar-refractivity contribution in [2.45, 2.75) is 56.1 Å². The lowest BCUT2D eigenvalue weighted by Crippen LogP contribution is -2.48. The second-order valence-electron chi connectivity index (χ2n) is 9.69. The standard InChI is InChI=1S/C25H35N5O2S/c26-21-8-10-22(11-9-21)28-25-17-24(25)19-6-4-18(5-7-19)20-2-1-3-23(16-20)29-33(31,32)30-14-12-27-13-15-30/h1-7,16,21-22,24-25,27-29H,8-15,17,26H2/t21-,22+,24-,25+/m0/s1. The second kappa shape index (κ2) is 9.72. The van der Waals surface area contributed by atoms with Crippen LogP contribution in [0.5, 0.6) is 0 Å². The lowest BCUT2D eigenvalue weighted by atomic mass is 9.92. The van der Waals surface area contributed by atoms with E-state index in [-0.39, 0.29) is 0 Å². The van der Waals surface area contributed by atoms with E-state index in [1.165, 1.54) is 29.1 Å². The van der Waals surface area contributed by atoms with E-state index in [1.807, 2.05) is 18.2 Å². The molecule has 0 radical (unpaired) electrons. The summed E-state index contributed by atoms with van der Waals surface area (Å²) in [5.74, 6) is 0.590. The fourth-order valence-corrected chi connectivity index (χ4v) is 6.34. The van der Waals surface area contributed by atoms with E-state index < -0.39 is 10.2 Å². The molecule has 2 saturated carbocycles. The maximum atomic E-state index is 12.7. The molecule has 5 N–H and O–H groups in total. The van der Waals surface area contributed by atoms with Gasteiger partial charge in [0.05, 0.1) is 5.69 Å². The third kappa shape index (κ3) is 5.58. The van der Waals surface area contributed by atoms with Crippen molar-refractivity contribution in [3.8, 4) is 11.1 Å². The Labute approximate surface area is 197 Å². The first-order valence-corrected chi connectivity index (χ1v) is 13.6. The molecule has 0 spiro atoms. The van der Waals surface area contributed by atoms with Gasteiger partial charge in [0, 0.05) is 50.2 Å². The molecule has 1 heterocycles. The van der Waals surface area contributed by atoms with Gasteiger partial charge in [0.15, 0.2) is 0 Å². The Kier molecular flexibility index (Phi) is 6.72. The first kappa shape index (κ1) is 22.8. The van der Waals surface area contributed by atoms with Gasteiger partial charge in [-0.05, 0) is 60.9 Å². The lowest BCUT2D eigenvalue weighted by molar-refractivity contribution is 0.339. The molecule has 7 nitrogen and oxygen atoms in total. The number of nitrogens with one attached hydrogen (secondary N) is 3. The molecule has 0 bridgehead atoms. The van der Waals surface area contributed by atoms with Crippen LogP contribution in [0.25, 0.3) is 11.1 Å². The number of piperazine rings is 1. The molecule has 3 aliphatic rings. The maximum absolute atomic E-state index is 12.7. The van der Waals surface area contributed by atoms with Crippen molar-refractivity contribution in [1.82, 2.24) is 14.9 Å². The normalized spacial score (nSPS) is 28.4. The smallest absolute Gasteiger partial charge is 0.301 e. The molecule has 2 aromatic rings. The van der Waals surface area contributed by atoms with Crippen molar-refractivity contribution in [1.29, 1.82) is 0 Å². The van der Waals surface area contributed by atoms with E-state index >= 15 is 0 Å². The molecule has 5 rings (SSSR count). The Balaban J connectivity index is 1.20. The van der Waals surface area contributed by atoms with Crippen molar-refractivity contribution < 1.29 is 8.42 Å². The molecule has 2 aromatic carbocycles. The predicted molar refractivity (Wildman–Crippen MR) is 133 cm³/mol. The second-order valence-corrected chi connectivity index (χ2v) is 11.4. The van der Waals surface area contributed by atoms with Gasteiger partial charge in [-0.3, -0.25) is 4.72 Å². The van der Waals surface area contributed by atoms with Crippen LogP contribution in [0.4, 0.5) is 5.69 Å². The molecule has 1 saturated heterocycles. The van der Waals surface area contributed by atoms with E-state index in [0.717, 1.165) is 24.0 Å². The van der Waals surface area contributed by atoms with E-state index in [2.05, 4.69) is 39.6 Å². The minimum absolute atomic E-state index is 0.390. The first-order chi connectivity index (χ1) is 16.0. The van der Waals surface area contributed by atoms with Gasteiger partial charge in [-0.25, -0.2) is 0 Å². The van der Waals surface area contributed by atoms with Crippen molar-refractivity contribution in [3.05, 3.63) is 54.1 Å². The van der Waals surface area contributed by atoms with Crippen LogP contribution >= 0.6 is 0 Å². The minimum atomic E-state index is -3.54. The summed E-state index contributed by atoms with van der Waals surface area (Å²) >= 11 is 0. The van der Waals surface area contributed by atoms with Gasteiger partial charge in [0.2, 0.25) is 0 Å². The fourth-order valence-electron chi connectivity index (χ4n) is 5.12. The number of nitrogens with zero attached hydrogens (tertiary/aromatic N) is 1. The Hall–Kier alpha value is -1.97. The van der Waals surface area contributed by atoms with Gasteiger partial charge in [-0.1, -0.05) is 36.4 Å². The van der Waals surface area contributed by atoms with Gasteiger partial charge in [-0.2, -0.15) is 12.7 Å². The molecule has 0 amide bonds. The highest BCUT2D eigenvalue weighted by Crippen LogP contribution is 2.42. The highest BCUT2D eigenvalue weighted by molar-refractivity contribution is 7.90. The third-order valence-electron chi connectivity index (χ3n) is 7.21. The largest absolute Gasteiger partial charge is 0.328 e. The molecule has 33 heavy (non-hydrogen) atoms. The first-order valence-electron chi connectivity index (χ1n) is 12.2. The van der Waals surface area contributed by atoms with Crippen molar-refractivity contribution >= 4 is 15.9 Å². The summed E-state index contributed by atoms with van der Waals surface area (Å²) in [7, 11) is -3.54. The van der Waals surface area contributed by atoms with E-state index in [9.17, 15) is 8.42 Å². The Morgan fingerprint density at radius 1 is 0.939 bits per heavy atom. The third-order valence-corrected chi connectivity index (χ3v) is 8.75. The SMILES string of the molecule is N[C@H]1CC[C@@H](N[C@@H]2C[C@H]2c2ccc(-c3cccc(NS(=O)(=O)N4CCNCC4)c3)cc2)CC1. The van der Waals surface area contributed by atoms with Crippen LogP contribution in [0, 0.1) is 0 Å². The molecule has 8 heteroatoms. The predicted octanol–water partition coefficient (Wildman–Crippen LogP) is 2.63. The summed E-state index contributed by atoms with van der Waals surface area (Å²) < 4.78 is 29.6. The molecule has 2 atom stereocenters. The molecule has 178 valence electrons. The topological polar surface area (TPSA) is 99.5 Å². The van der Waals surface area contributed by atoms with Crippen molar-refractivity contribution in [2.24, 2.45) is 5.73 Å². The fraction of sp³-hybridized carbons (Fsp3) is 0.520. The van der Waals surface area contributed by atoms with Crippen LogP contribution < -0.4 is 21.1 Å². The van der Waals surface area contributed by atoms with E-state index in [1.54, 1.807) is 6.07 Å². The minimum Gasteiger partial charge on any atom is -0.328 e. The van der Waals surface area contributed by atoms with Crippen LogP contribution in [0.2, 0.25) is 0 Å². The van der Waals surface area contributed by atoms with Crippen LogP contribution in [-0.2, 0) is 10.2 Å². The Morgan fingerprint density at radius 3 is 2.39 bits per heavy atom. The number of hydrogen-bond acceptors (Lipinski definition) is 5. The highest BCUT2D eigenvalue weighted by atomic mass is 32.2.